The second-order valence-corrected chi connectivity index (χ2v) is 5.65. The number of aryl methyl sites for hydroxylation is 1. The van der Waals surface area contributed by atoms with E-state index in [0.717, 1.165) is 29.7 Å². The summed E-state index contributed by atoms with van der Waals surface area (Å²) in [6.07, 6.45) is 3.83. The average molecular weight is 290 g/mol. The van der Waals surface area contributed by atoms with Crippen molar-refractivity contribution in [1.29, 1.82) is 0 Å². The van der Waals surface area contributed by atoms with E-state index >= 15 is 0 Å². The van der Waals surface area contributed by atoms with E-state index < -0.39 is 0 Å². The Bertz CT molecular complexity index is 646. The molecule has 1 aromatic heterocycles. The quantitative estimate of drug-likeness (QED) is 0.835. The fourth-order valence-corrected chi connectivity index (χ4v) is 3.06. The molecule has 1 amide bonds. The van der Waals surface area contributed by atoms with Crippen molar-refractivity contribution < 1.29 is 4.79 Å². The maximum absolute atomic E-state index is 11.9. The highest BCUT2D eigenvalue weighted by atomic mass is 35.5. The van der Waals surface area contributed by atoms with Crippen molar-refractivity contribution in [1.82, 2.24) is 0 Å². The predicted octanol–water partition coefficient (Wildman–Crippen LogP) is 4.37. The lowest BCUT2D eigenvalue weighted by molar-refractivity contribution is -0.110. The van der Waals surface area contributed by atoms with E-state index in [0.29, 0.717) is 5.02 Å². The summed E-state index contributed by atoms with van der Waals surface area (Å²) < 4.78 is 0. The molecule has 2 aromatic rings. The molecule has 0 aliphatic carbocycles. The summed E-state index contributed by atoms with van der Waals surface area (Å²) in [4.78, 5) is 11.9. The molecule has 0 unspecified atom stereocenters. The lowest BCUT2D eigenvalue weighted by atomic mass is 10.0. The van der Waals surface area contributed by atoms with Crippen LogP contribution in [0.3, 0.4) is 0 Å². The number of carbonyl (C=O) groups is 1. The molecule has 96 valence electrons. The van der Waals surface area contributed by atoms with Crippen molar-refractivity contribution in [3.63, 3.8) is 0 Å². The fourth-order valence-electron chi connectivity index (χ4n) is 2.19. The van der Waals surface area contributed by atoms with Crippen LogP contribution in [0.2, 0.25) is 5.02 Å². The largest absolute Gasteiger partial charge is 0.321 e. The highest BCUT2D eigenvalue weighted by Crippen LogP contribution is 2.33. The summed E-state index contributed by atoms with van der Waals surface area (Å²) in [5, 5.41) is 7.69. The average Bonchev–Trinajstić information content (AvgIpc) is 2.98. The number of allylic oxidation sites excluding steroid dienone is 1. The first-order chi connectivity index (χ1) is 9.24. The van der Waals surface area contributed by atoms with E-state index in [4.69, 9.17) is 11.6 Å². The molecule has 0 spiro atoms. The molecule has 1 aromatic carbocycles. The van der Waals surface area contributed by atoms with Gasteiger partial charge in [0.15, 0.2) is 0 Å². The second kappa shape index (κ2) is 5.19. The van der Waals surface area contributed by atoms with Gasteiger partial charge in [-0.1, -0.05) is 23.7 Å². The van der Waals surface area contributed by atoms with Gasteiger partial charge >= 0.3 is 0 Å². The Hall–Kier alpha value is -1.58. The van der Waals surface area contributed by atoms with E-state index in [2.05, 4.69) is 22.1 Å². The number of carbonyl (C=O) groups excluding carboxylic acids is 1. The van der Waals surface area contributed by atoms with Crippen LogP contribution in [-0.2, 0) is 11.2 Å². The number of rotatable bonds is 3. The van der Waals surface area contributed by atoms with Gasteiger partial charge in [0.25, 0.3) is 5.91 Å². The minimum absolute atomic E-state index is 0.0393. The normalized spacial score (nSPS) is 15.6. The van der Waals surface area contributed by atoms with Crippen molar-refractivity contribution >= 4 is 40.1 Å². The van der Waals surface area contributed by atoms with Gasteiger partial charge in [-0.15, -0.1) is 0 Å². The molecule has 19 heavy (non-hydrogen) atoms. The van der Waals surface area contributed by atoms with Gasteiger partial charge in [-0.2, -0.15) is 11.3 Å². The van der Waals surface area contributed by atoms with Crippen molar-refractivity contribution in [2.45, 2.75) is 12.8 Å². The molecule has 1 N–H and O–H groups in total. The zero-order valence-corrected chi connectivity index (χ0v) is 11.7. The van der Waals surface area contributed by atoms with Crippen molar-refractivity contribution in [3.05, 3.63) is 57.3 Å². The van der Waals surface area contributed by atoms with Crippen LogP contribution in [0.25, 0.3) is 5.57 Å². The lowest BCUT2D eigenvalue weighted by Gasteiger charge is -1.99. The molecular weight excluding hydrogens is 278 g/mol. The number of nitrogens with one attached hydrogen (secondary N) is 1. The van der Waals surface area contributed by atoms with Crippen LogP contribution in [0.4, 0.5) is 5.69 Å². The molecule has 0 saturated heterocycles. The van der Waals surface area contributed by atoms with Crippen LogP contribution in [0, 0.1) is 0 Å². The van der Waals surface area contributed by atoms with Crippen LogP contribution in [-0.4, -0.2) is 5.91 Å². The molecule has 1 aliphatic heterocycles. The number of hydrogen-bond donors (Lipinski definition) is 1. The lowest BCUT2D eigenvalue weighted by Crippen LogP contribution is -2.03. The summed E-state index contributed by atoms with van der Waals surface area (Å²) in [5.74, 6) is -0.0393. The van der Waals surface area contributed by atoms with Gasteiger partial charge in [-0.05, 0) is 47.4 Å². The summed E-state index contributed by atoms with van der Waals surface area (Å²) in [6.45, 7) is 0. The standard InChI is InChI=1S/C15H12ClNOS/c16-11-4-5-12-13(15(18)17-14(12)8-11)3-1-2-10-6-7-19-9-10/h3-9H,1-2H2,(H,17,18)/b13-3+. The van der Waals surface area contributed by atoms with E-state index in [1.807, 2.05) is 18.2 Å². The third-order valence-corrected chi connectivity index (χ3v) is 4.09. The number of fused-ring (bicyclic) bond motifs is 1. The van der Waals surface area contributed by atoms with Gasteiger partial charge in [-0.25, -0.2) is 0 Å². The summed E-state index contributed by atoms with van der Waals surface area (Å²) in [5.41, 5.74) is 3.82. The molecule has 0 fully saturated rings. The van der Waals surface area contributed by atoms with Crippen molar-refractivity contribution in [3.8, 4) is 0 Å². The highest BCUT2D eigenvalue weighted by molar-refractivity contribution is 7.07. The second-order valence-electron chi connectivity index (χ2n) is 4.43. The van der Waals surface area contributed by atoms with Gasteiger partial charge in [0.2, 0.25) is 0 Å². The molecule has 0 radical (unpaired) electrons. The van der Waals surface area contributed by atoms with E-state index in [-0.39, 0.29) is 5.91 Å². The number of benzene rings is 1. The Balaban J connectivity index is 1.79. The van der Waals surface area contributed by atoms with Gasteiger partial charge < -0.3 is 5.32 Å². The Kier molecular flexibility index (Phi) is 3.40. The Morgan fingerprint density at radius 1 is 1.32 bits per heavy atom. The maximum atomic E-state index is 11.9. The molecular formula is C15H12ClNOS. The zero-order chi connectivity index (χ0) is 13.2. The van der Waals surface area contributed by atoms with Crippen LogP contribution < -0.4 is 5.32 Å². The molecule has 1 aliphatic rings. The molecule has 0 saturated carbocycles. The highest BCUT2D eigenvalue weighted by Gasteiger charge is 2.23. The first-order valence-corrected chi connectivity index (χ1v) is 7.38. The minimum atomic E-state index is -0.0393. The first-order valence-electron chi connectivity index (χ1n) is 6.06. The molecule has 0 bridgehead atoms. The fraction of sp³-hybridized carbons (Fsp3) is 0.133. The SMILES string of the molecule is O=C1Nc2cc(Cl)ccc2/C1=C\CCc1ccsc1. The summed E-state index contributed by atoms with van der Waals surface area (Å²) >= 11 is 7.62. The number of halogens is 1. The number of anilines is 1. The maximum Gasteiger partial charge on any atom is 0.256 e. The zero-order valence-electron chi connectivity index (χ0n) is 10.2. The Labute approximate surface area is 120 Å². The van der Waals surface area contributed by atoms with Crippen LogP contribution >= 0.6 is 22.9 Å². The Morgan fingerprint density at radius 3 is 3.00 bits per heavy atom. The predicted molar refractivity (Wildman–Crippen MR) is 80.7 cm³/mol. The molecule has 2 heterocycles. The van der Waals surface area contributed by atoms with Crippen molar-refractivity contribution in [2.75, 3.05) is 5.32 Å². The van der Waals surface area contributed by atoms with E-state index in [1.165, 1.54) is 5.56 Å². The third-order valence-electron chi connectivity index (χ3n) is 3.13. The topological polar surface area (TPSA) is 29.1 Å². The summed E-state index contributed by atoms with van der Waals surface area (Å²) in [6, 6.07) is 7.61. The molecule has 0 atom stereocenters. The van der Waals surface area contributed by atoms with Crippen LogP contribution in [0.1, 0.15) is 17.5 Å². The van der Waals surface area contributed by atoms with E-state index in [1.54, 1.807) is 17.4 Å². The minimum Gasteiger partial charge on any atom is -0.321 e. The number of hydrogen-bond acceptors (Lipinski definition) is 2. The number of thiophene rings is 1. The van der Waals surface area contributed by atoms with Gasteiger partial charge in [0.05, 0.1) is 5.69 Å². The monoisotopic (exact) mass is 289 g/mol. The van der Waals surface area contributed by atoms with Gasteiger partial charge in [0, 0.05) is 16.2 Å². The van der Waals surface area contributed by atoms with Crippen molar-refractivity contribution in [2.24, 2.45) is 0 Å². The Morgan fingerprint density at radius 2 is 2.21 bits per heavy atom. The van der Waals surface area contributed by atoms with Gasteiger partial charge in [0.1, 0.15) is 0 Å². The van der Waals surface area contributed by atoms with Crippen LogP contribution in [0.5, 0.6) is 0 Å². The van der Waals surface area contributed by atoms with E-state index in [9.17, 15) is 4.79 Å². The number of amides is 1. The smallest absolute Gasteiger partial charge is 0.256 e. The summed E-state index contributed by atoms with van der Waals surface area (Å²) in [7, 11) is 0. The third kappa shape index (κ3) is 2.57. The molecule has 2 nitrogen and oxygen atoms in total. The van der Waals surface area contributed by atoms with Crippen LogP contribution in [0.15, 0.2) is 41.1 Å². The first kappa shape index (κ1) is 12.5. The molecule has 3 rings (SSSR count). The molecule has 4 heteroatoms. The van der Waals surface area contributed by atoms with Gasteiger partial charge in [-0.3, -0.25) is 4.79 Å².